The summed E-state index contributed by atoms with van der Waals surface area (Å²) in [5, 5.41) is 23.1. The first-order valence-electron chi connectivity index (χ1n) is 12.4. The van der Waals surface area contributed by atoms with Crippen LogP contribution in [-0.4, -0.2) is 22.2 Å². The highest BCUT2D eigenvalue weighted by molar-refractivity contribution is 6.33. The van der Waals surface area contributed by atoms with Gasteiger partial charge in [0.05, 0.1) is 16.4 Å². The van der Waals surface area contributed by atoms with Crippen molar-refractivity contribution < 1.29 is 23.7 Å². The van der Waals surface area contributed by atoms with Gasteiger partial charge in [0, 0.05) is 36.4 Å². The number of carboxylic acids is 1. The van der Waals surface area contributed by atoms with Crippen molar-refractivity contribution in [2.24, 2.45) is 5.92 Å². The predicted octanol–water partition coefficient (Wildman–Crippen LogP) is 5.40. The molecule has 9 heteroatoms. The number of anilines is 1. The number of carboxylic acid groups (broad SMARTS) is 1. The molecule has 0 spiro atoms. The Balaban J connectivity index is 1.58. The zero-order valence-corrected chi connectivity index (χ0v) is 21.6. The predicted molar refractivity (Wildman–Crippen MR) is 134 cm³/mol. The third-order valence-corrected chi connectivity index (χ3v) is 6.73. The van der Waals surface area contributed by atoms with E-state index in [1.807, 2.05) is 19.1 Å². The molecular weight excluding hydrogens is 482 g/mol. The Morgan fingerprint density at radius 1 is 1.17 bits per heavy atom. The van der Waals surface area contributed by atoms with Crippen LogP contribution in [0.3, 0.4) is 0 Å². The monoisotopic (exact) mass is 512 g/mol. The summed E-state index contributed by atoms with van der Waals surface area (Å²) in [5.74, 6) is 0.166. The third kappa shape index (κ3) is 6.55. The van der Waals surface area contributed by atoms with Crippen LogP contribution in [-0.2, 0) is 16.0 Å². The van der Waals surface area contributed by atoms with Crippen molar-refractivity contribution in [3.63, 3.8) is 0 Å². The minimum Gasteiger partial charge on any atom is -0.550 e. The zero-order chi connectivity index (χ0) is 25.8. The Kier molecular flexibility index (Phi) is 8.14. The number of nitrogens with zero attached hydrogens (tertiary/aromatic N) is 2. The lowest BCUT2D eigenvalue weighted by Crippen LogP contribution is -2.24. The summed E-state index contributed by atoms with van der Waals surface area (Å²) in [4.78, 5) is 24.2. The highest BCUT2D eigenvalue weighted by atomic mass is 35.5. The van der Waals surface area contributed by atoms with Crippen LogP contribution >= 0.6 is 11.6 Å². The van der Waals surface area contributed by atoms with Crippen molar-refractivity contribution in [2.45, 2.75) is 77.6 Å². The Bertz CT molecular complexity index is 1230. The second-order valence-corrected chi connectivity index (χ2v) is 10.4. The first kappa shape index (κ1) is 25.9. The lowest BCUT2D eigenvalue weighted by molar-refractivity contribution is -0.305. The van der Waals surface area contributed by atoms with E-state index >= 15 is 0 Å². The number of benzene rings is 1. The van der Waals surface area contributed by atoms with Crippen molar-refractivity contribution in [3.05, 3.63) is 51.9 Å². The van der Waals surface area contributed by atoms with Crippen molar-refractivity contribution in [1.29, 1.82) is 0 Å². The largest absolute Gasteiger partial charge is 0.550 e. The number of amides is 1. The van der Waals surface area contributed by atoms with Crippen LogP contribution in [0.15, 0.2) is 33.3 Å². The minimum atomic E-state index is -1.18. The Morgan fingerprint density at radius 2 is 1.94 bits per heavy atom. The van der Waals surface area contributed by atoms with Crippen molar-refractivity contribution in [1.82, 2.24) is 10.3 Å². The molecule has 1 saturated carbocycles. The SMILES string of the molecule is Cc1ccc(NC(=O)C[C@H](CCC(=O)[O-])c2noc(-c3cc(CCC(C)C)on3)c2C2CC2)c(Cl)c1. The summed E-state index contributed by atoms with van der Waals surface area (Å²) in [6, 6.07) is 7.25. The molecule has 2 aromatic heterocycles. The highest BCUT2D eigenvalue weighted by Crippen LogP contribution is 2.48. The van der Waals surface area contributed by atoms with E-state index in [-0.39, 0.29) is 31.1 Å². The first-order valence-corrected chi connectivity index (χ1v) is 12.8. The quantitative estimate of drug-likeness (QED) is 0.344. The lowest BCUT2D eigenvalue weighted by atomic mass is 9.90. The molecule has 192 valence electrons. The maximum Gasteiger partial charge on any atom is 0.225 e. The van der Waals surface area contributed by atoms with E-state index in [1.54, 1.807) is 12.1 Å². The molecule has 1 aromatic carbocycles. The topological polar surface area (TPSA) is 121 Å². The molecule has 2 heterocycles. The van der Waals surface area contributed by atoms with E-state index < -0.39 is 11.9 Å². The van der Waals surface area contributed by atoms with Gasteiger partial charge in [0.2, 0.25) is 5.91 Å². The zero-order valence-electron chi connectivity index (χ0n) is 20.8. The average Bonchev–Trinajstić information content (AvgIpc) is 3.37. The van der Waals surface area contributed by atoms with Crippen LogP contribution in [0.2, 0.25) is 5.02 Å². The normalized spacial score (nSPS) is 14.2. The molecule has 36 heavy (non-hydrogen) atoms. The van der Waals surface area contributed by atoms with Gasteiger partial charge in [-0.05, 0) is 68.6 Å². The van der Waals surface area contributed by atoms with Gasteiger partial charge in [0.1, 0.15) is 5.76 Å². The fraction of sp³-hybridized carbons (Fsp3) is 0.481. The van der Waals surface area contributed by atoms with Gasteiger partial charge in [-0.25, -0.2) is 0 Å². The molecular formula is C27H31ClN3O5-. The number of carbonyl (C=O) groups excluding carboxylic acids is 2. The van der Waals surface area contributed by atoms with Gasteiger partial charge in [0.15, 0.2) is 11.5 Å². The maximum atomic E-state index is 13.0. The molecule has 1 amide bonds. The Labute approximate surface area is 215 Å². The third-order valence-electron chi connectivity index (χ3n) is 6.42. The number of hydrogen-bond donors (Lipinski definition) is 1. The average molecular weight is 513 g/mol. The molecule has 8 nitrogen and oxygen atoms in total. The minimum absolute atomic E-state index is 0.0294. The summed E-state index contributed by atoms with van der Waals surface area (Å²) >= 11 is 6.27. The second kappa shape index (κ2) is 11.3. The van der Waals surface area contributed by atoms with Gasteiger partial charge >= 0.3 is 0 Å². The number of nitrogens with one attached hydrogen (secondary N) is 1. The molecule has 1 fully saturated rings. The smallest absolute Gasteiger partial charge is 0.225 e. The van der Waals surface area contributed by atoms with Crippen LogP contribution in [0.1, 0.15) is 86.8 Å². The molecule has 1 aliphatic rings. The van der Waals surface area contributed by atoms with E-state index in [9.17, 15) is 14.7 Å². The van der Waals surface area contributed by atoms with Crippen LogP contribution in [0.25, 0.3) is 11.5 Å². The number of rotatable bonds is 12. The number of aliphatic carboxylic acids is 1. The molecule has 1 N–H and O–H groups in total. The molecule has 4 rings (SSSR count). The van der Waals surface area contributed by atoms with E-state index in [1.165, 1.54) is 0 Å². The van der Waals surface area contributed by atoms with Gasteiger partial charge in [0.25, 0.3) is 0 Å². The Morgan fingerprint density at radius 3 is 2.61 bits per heavy atom. The van der Waals surface area contributed by atoms with Crippen molar-refractivity contribution in [3.8, 4) is 11.5 Å². The van der Waals surface area contributed by atoms with E-state index in [0.29, 0.717) is 33.8 Å². The summed E-state index contributed by atoms with van der Waals surface area (Å²) in [7, 11) is 0. The summed E-state index contributed by atoms with van der Waals surface area (Å²) in [5.41, 5.74) is 3.55. The van der Waals surface area contributed by atoms with Crippen molar-refractivity contribution in [2.75, 3.05) is 5.32 Å². The number of aromatic nitrogens is 2. The highest BCUT2D eigenvalue weighted by Gasteiger charge is 2.37. The molecule has 1 aliphatic carbocycles. The molecule has 1 atom stereocenters. The number of halogens is 1. The van der Waals surface area contributed by atoms with Gasteiger partial charge < -0.3 is 24.3 Å². The summed E-state index contributed by atoms with van der Waals surface area (Å²) in [6.07, 6.45) is 3.73. The molecule has 0 aliphatic heterocycles. The standard InChI is InChI=1S/C27H32ClN3O5/c1-15(2)4-9-19-14-22(30-35-19)27-25(17-6-7-17)26(31-36-27)18(8-11-24(33)34)13-23(32)29-21-10-5-16(3)12-20(21)28/h5,10,12,14-15,17-18H,4,6-9,11,13H2,1-3H3,(H,29,32)(H,33,34)/p-1/t18-/m0/s1. The Hall–Kier alpha value is -3.13. The molecule has 0 bridgehead atoms. The van der Waals surface area contributed by atoms with E-state index in [4.69, 9.17) is 20.6 Å². The van der Waals surface area contributed by atoms with Crippen LogP contribution in [0.5, 0.6) is 0 Å². The molecule has 3 aromatic rings. The second-order valence-electron chi connectivity index (χ2n) is 10.0. The fourth-order valence-corrected chi connectivity index (χ4v) is 4.58. The number of aryl methyl sites for hydroxylation is 2. The van der Waals surface area contributed by atoms with Gasteiger partial charge in [-0.1, -0.05) is 41.8 Å². The van der Waals surface area contributed by atoms with Crippen LogP contribution in [0, 0.1) is 12.8 Å². The van der Waals surface area contributed by atoms with Crippen molar-refractivity contribution >= 4 is 29.2 Å². The number of carbonyl (C=O) groups is 2. The van der Waals surface area contributed by atoms with Gasteiger partial charge in [-0.2, -0.15) is 0 Å². The molecule has 0 saturated heterocycles. The fourth-order valence-electron chi connectivity index (χ4n) is 4.30. The van der Waals surface area contributed by atoms with E-state index in [0.717, 1.165) is 42.6 Å². The molecule has 0 radical (unpaired) electrons. The molecule has 0 unspecified atom stereocenters. The first-order chi connectivity index (χ1) is 17.2. The lowest BCUT2D eigenvalue weighted by Gasteiger charge is -2.17. The van der Waals surface area contributed by atoms with Crippen LogP contribution in [0.4, 0.5) is 5.69 Å². The summed E-state index contributed by atoms with van der Waals surface area (Å²) in [6.45, 7) is 6.22. The van der Waals surface area contributed by atoms with Gasteiger partial charge in [-0.3, -0.25) is 4.79 Å². The van der Waals surface area contributed by atoms with Gasteiger partial charge in [-0.15, -0.1) is 0 Å². The maximum absolute atomic E-state index is 13.0. The van der Waals surface area contributed by atoms with E-state index in [2.05, 4.69) is 29.5 Å². The summed E-state index contributed by atoms with van der Waals surface area (Å²) < 4.78 is 11.3. The number of hydrogen-bond acceptors (Lipinski definition) is 7. The van der Waals surface area contributed by atoms with Crippen LogP contribution < -0.4 is 10.4 Å².